The third kappa shape index (κ3) is 2.33. The summed E-state index contributed by atoms with van der Waals surface area (Å²) in [6.07, 6.45) is 6.74. The van der Waals surface area contributed by atoms with Crippen LogP contribution in [0.4, 0.5) is 5.69 Å². The molecule has 8 heteroatoms. The number of halogens is 1. The highest BCUT2D eigenvalue weighted by molar-refractivity contribution is 7.88. The van der Waals surface area contributed by atoms with E-state index in [9.17, 15) is 8.42 Å². The molecule has 2 saturated heterocycles. The fourth-order valence-corrected chi connectivity index (χ4v) is 6.14. The van der Waals surface area contributed by atoms with Gasteiger partial charge in [-0.05, 0) is 25.8 Å². The molecule has 0 unspecified atom stereocenters. The maximum atomic E-state index is 12.1. The second kappa shape index (κ2) is 5.09. The van der Waals surface area contributed by atoms with Gasteiger partial charge in [0.1, 0.15) is 0 Å². The fraction of sp³-hybridized carbons (Fsp3) is 0.562. The van der Waals surface area contributed by atoms with Gasteiger partial charge in [-0.1, -0.05) is 11.6 Å². The summed E-state index contributed by atoms with van der Waals surface area (Å²) in [5.74, 6) is 0.630. The first-order valence-electron chi connectivity index (χ1n) is 8.02. The molecule has 0 aromatic carbocycles. The van der Waals surface area contributed by atoms with Crippen LogP contribution < -0.4 is 4.90 Å². The van der Waals surface area contributed by atoms with E-state index in [0.29, 0.717) is 23.4 Å². The molecule has 130 valence electrons. The second-order valence-electron chi connectivity index (χ2n) is 7.45. The van der Waals surface area contributed by atoms with Gasteiger partial charge in [0.15, 0.2) is 0 Å². The van der Waals surface area contributed by atoms with Crippen molar-refractivity contribution in [3.8, 4) is 0 Å². The second-order valence-corrected chi connectivity index (χ2v) is 9.79. The van der Waals surface area contributed by atoms with Crippen molar-refractivity contribution in [1.29, 1.82) is 0 Å². The van der Waals surface area contributed by atoms with E-state index in [1.54, 1.807) is 10.6 Å². The molecule has 0 saturated carbocycles. The number of hydrogen-bond acceptors (Lipinski definition) is 4. The molecule has 2 fully saturated rings. The Morgan fingerprint density at radius 1 is 1.29 bits per heavy atom. The van der Waals surface area contributed by atoms with E-state index in [4.69, 9.17) is 11.6 Å². The normalized spacial score (nSPS) is 27.1. The summed E-state index contributed by atoms with van der Waals surface area (Å²) >= 11 is 6.26. The predicted octanol–water partition coefficient (Wildman–Crippen LogP) is 2.09. The van der Waals surface area contributed by atoms with E-state index in [0.717, 1.165) is 24.3 Å². The quantitative estimate of drug-likeness (QED) is 0.814. The topological polar surface area (TPSA) is 57.9 Å². The predicted molar refractivity (Wildman–Crippen MR) is 95.0 cm³/mol. The van der Waals surface area contributed by atoms with Gasteiger partial charge in [0.2, 0.25) is 10.0 Å². The number of anilines is 1. The molecule has 0 aliphatic carbocycles. The summed E-state index contributed by atoms with van der Waals surface area (Å²) < 4.78 is 27.8. The third-order valence-electron chi connectivity index (χ3n) is 5.60. The zero-order valence-corrected chi connectivity index (χ0v) is 15.5. The number of imidazole rings is 1. The van der Waals surface area contributed by atoms with Crippen LogP contribution in [0.2, 0.25) is 5.02 Å². The number of hydrogen-bond donors (Lipinski definition) is 0. The Bertz CT molecular complexity index is 908. The van der Waals surface area contributed by atoms with Crippen molar-refractivity contribution in [3.05, 3.63) is 29.8 Å². The molecule has 0 bridgehead atoms. The molecule has 0 N–H and O–H groups in total. The molecule has 0 amide bonds. The Labute approximate surface area is 147 Å². The molecule has 2 atom stereocenters. The van der Waals surface area contributed by atoms with Crippen LogP contribution in [0.25, 0.3) is 5.52 Å². The largest absolute Gasteiger partial charge is 0.369 e. The SMILES string of the molecule is CC1(C)[C@H]2CN(c3cc(Cl)cn4cncc34)C[C@H]2CN1S(C)(=O)=O. The van der Waals surface area contributed by atoms with Crippen molar-refractivity contribution in [2.45, 2.75) is 19.4 Å². The van der Waals surface area contributed by atoms with Crippen molar-refractivity contribution in [1.82, 2.24) is 13.7 Å². The minimum absolute atomic E-state index is 0.300. The van der Waals surface area contributed by atoms with E-state index in [2.05, 4.69) is 9.88 Å². The lowest BCUT2D eigenvalue weighted by molar-refractivity contribution is 0.237. The smallest absolute Gasteiger partial charge is 0.211 e. The van der Waals surface area contributed by atoms with Crippen LogP contribution in [-0.2, 0) is 10.0 Å². The van der Waals surface area contributed by atoms with Crippen LogP contribution in [0.15, 0.2) is 24.8 Å². The van der Waals surface area contributed by atoms with E-state index in [-0.39, 0.29) is 5.54 Å². The Kier molecular flexibility index (Phi) is 3.43. The van der Waals surface area contributed by atoms with E-state index < -0.39 is 10.0 Å². The van der Waals surface area contributed by atoms with E-state index in [1.165, 1.54) is 6.26 Å². The summed E-state index contributed by atoms with van der Waals surface area (Å²) in [5.41, 5.74) is 1.72. The van der Waals surface area contributed by atoms with Crippen LogP contribution in [0.3, 0.4) is 0 Å². The van der Waals surface area contributed by atoms with Crippen molar-refractivity contribution in [2.24, 2.45) is 11.8 Å². The fourth-order valence-electron chi connectivity index (χ4n) is 4.48. The molecular formula is C16H21ClN4O2S. The lowest BCUT2D eigenvalue weighted by Gasteiger charge is -2.35. The van der Waals surface area contributed by atoms with Gasteiger partial charge in [-0.25, -0.2) is 13.4 Å². The summed E-state index contributed by atoms with van der Waals surface area (Å²) in [5, 5.41) is 0.671. The average molecular weight is 369 g/mol. The van der Waals surface area contributed by atoms with Crippen LogP contribution in [0, 0.1) is 11.8 Å². The molecule has 0 radical (unpaired) electrons. The van der Waals surface area contributed by atoms with Gasteiger partial charge in [0, 0.05) is 37.3 Å². The Hall–Kier alpha value is -1.31. The molecule has 6 nitrogen and oxygen atoms in total. The van der Waals surface area contributed by atoms with Gasteiger partial charge in [0.05, 0.1) is 35.0 Å². The lowest BCUT2D eigenvalue weighted by atomic mass is 9.85. The highest BCUT2D eigenvalue weighted by Crippen LogP contribution is 2.46. The summed E-state index contributed by atoms with van der Waals surface area (Å²) in [4.78, 5) is 6.53. The van der Waals surface area contributed by atoms with Crippen LogP contribution in [0.5, 0.6) is 0 Å². The standard InChI is InChI=1S/C16H21ClN4O2S/c1-16(2)13-9-19(6-11(13)7-21(16)24(3,22)23)14-4-12(17)8-20-10-18-5-15(14)20/h4-5,8,10-11,13H,6-7,9H2,1-3H3/t11-,13-/m0/s1. The monoisotopic (exact) mass is 368 g/mol. The van der Waals surface area contributed by atoms with Gasteiger partial charge in [0.25, 0.3) is 0 Å². The number of rotatable bonds is 2. The summed E-state index contributed by atoms with van der Waals surface area (Å²) in [7, 11) is -3.19. The Morgan fingerprint density at radius 3 is 2.71 bits per heavy atom. The maximum absolute atomic E-state index is 12.1. The third-order valence-corrected chi connectivity index (χ3v) is 7.23. The Morgan fingerprint density at radius 2 is 2.04 bits per heavy atom. The number of sulfonamides is 1. The molecule has 2 aromatic rings. The van der Waals surface area contributed by atoms with Crippen molar-refractivity contribution in [3.63, 3.8) is 0 Å². The first-order valence-corrected chi connectivity index (χ1v) is 10.2. The molecule has 4 rings (SSSR count). The molecule has 2 aromatic heterocycles. The molecule has 4 heterocycles. The highest BCUT2D eigenvalue weighted by atomic mass is 35.5. The van der Waals surface area contributed by atoms with Gasteiger partial charge < -0.3 is 9.30 Å². The minimum Gasteiger partial charge on any atom is -0.369 e. The molecule has 2 aliphatic rings. The van der Waals surface area contributed by atoms with Crippen molar-refractivity contribution in [2.75, 3.05) is 30.8 Å². The summed E-state index contributed by atoms with van der Waals surface area (Å²) in [6.45, 7) is 6.32. The maximum Gasteiger partial charge on any atom is 0.211 e. The van der Waals surface area contributed by atoms with Gasteiger partial charge >= 0.3 is 0 Å². The Balaban J connectivity index is 1.68. The number of nitrogens with zero attached hydrogens (tertiary/aromatic N) is 4. The molecule has 2 aliphatic heterocycles. The first kappa shape index (κ1) is 16.2. The zero-order valence-electron chi connectivity index (χ0n) is 14.0. The van der Waals surface area contributed by atoms with Gasteiger partial charge in [-0.15, -0.1) is 0 Å². The lowest BCUT2D eigenvalue weighted by Crippen LogP contribution is -2.47. The van der Waals surface area contributed by atoms with Crippen molar-refractivity contribution < 1.29 is 8.42 Å². The first-order chi connectivity index (χ1) is 11.2. The van der Waals surface area contributed by atoms with Crippen molar-refractivity contribution >= 4 is 32.8 Å². The van der Waals surface area contributed by atoms with E-state index in [1.807, 2.05) is 36.7 Å². The summed E-state index contributed by atoms with van der Waals surface area (Å²) in [6, 6.07) is 1.97. The molecule has 24 heavy (non-hydrogen) atoms. The van der Waals surface area contributed by atoms with Crippen LogP contribution in [0.1, 0.15) is 13.8 Å². The number of pyridine rings is 1. The number of aromatic nitrogens is 2. The highest BCUT2D eigenvalue weighted by Gasteiger charge is 2.54. The minimum atomic E-state index is -3.19. The number of fused-ring (bicyclic) bond motifs is 2. The zero-order chi connectivity index (χ0) is 17.3. The van der Waals surface area contributed by atoms with E-state index >= 15 is 0 Å². The average Bonchev–Trinajstić information content (AvgIpc) is 3.12. The van der Waals surface area contributed by atoms with Crippen LogP contribution in [-0.4, -0.2) is 53.5 Å². The molecular weight excluding hydrogens is 348 g/mol. The van der Waals surface area contributed by atoms with Gasteiger partial charge in [-0.2, -0.15) is 4.31 Å². The molecule has 0 spiro atoms. The van der Waals surface area contributed by atoms with Crippen LogP contribution >= 0.6 is 11.6 Å². The van der Waals surface area contributed by atoms with Gasteiger partial charge in [-0.3, -0.25) is 0 Å².